The van der Waals surface area contributed by atoms with Gasteiger partial charge in [0.25, 0.3) is 0 Å². The molecule has 0 fully saturated rings. The molecule has 0 aliphatic rings. The molecular weight excluding hydrogens is 440 g/mol. The molecule has 0 aliphatic heterocycles. The van der Waals surface area contributed by atoms with Gasteiger partial charge in [-0.2, -0.15) is 0 Å². The molecule has 1 N–H and O–H groups in total. The number of esters is 1. The van der Waals surface area contributed by atoms with Crippen molar-refractivity contribution < 1.29 is 27.8 Å². The molecule has 1 amide bonds. The maximum absolute atomic E-state index is 13.6. The predicted octanol–water partition coefficient (Wildman–Crippen LogP) is 7.25. The van der Waals surface area contributed by atoms with Crippen LogP contribution in [-0.2, 0) is 20.7 Å². The molecule has 7 heteroatoms. The fraction of sp³-hybridized carbons (Fsp3) is 0.704. The lowest BCUT2D eigenvalue weighted by atomic mass is 10.1. The Morgan fingerprint density at radius 3 is 1.85 bits per heavy atom. The van der Waals surface area contributed by atoms with Gasteiger partial charge >= 0.3 is 12.1 Å². The highest BCUT2D eigenvalue weighted by atomic mass is 19.1. The third kappa shape index (κ3) is 14.9. The van der Waals surface area contributed by atoms with E-state index in [-0.39, 0.29) is 18.6 Å². The number of hydrogen-bond donors (Lipinski definition) is 1. The molecule has 0 saturated heterocycles. The summed E-state index contributed by atoms with van der Waals surface area (Å²) in [5.41, 5.74) is -0.510. The Morgan fingerprint density at radius 1 is 0.853 bits per heavy atom. The zero-order valence-electron chi connectivity index (χ0n) is 21.4. The summed E-state index contributed by atoms with van der Waals surface area (Å²) in [4.78, 5) is 24.8. The van der Waals surface area contributed by atoms with Crippen LogP contribution in [0.5, 0.6) is 0 Å². The minimum absolute atomic E-state index is 0.106. The minimum Gasteiger partial charge on any atom is -0.464 e. The topological polar surface area (TPSA) is 64.6 Å². The average Bonchev–Trinajstić information content (AvgIpc) is 2.72. The van der Waals surface area contributed by atoms with E-state index in [9.17, 15) is 18.4 Å². The summed E-state index contributed by atoms with van der Waals surface area (Å²) in [6, 6.07) is 1.90. The molecule has 0 radical (unpaired) electrons. The molecule has 0 heterocycles. The van der Waals surface area contributed by atoms with Gasteiger partial charge in [0.2, 0.25) is 0 Å². The lowest BCUT2D eigenvalue weighted by molar-refractivity contribution is -0.146. The molecule has 0 aliphatic carbocycles. The first-order valence-corrected chi connectivity index (χ1v) is 12.7. The summed E-state index contributed by atoms with van der Waals surface area (Å²) in [6.45, 7) is 7.57. The molecule has 194 valence electrons. The van der Waals surface area contributed by atoms with Crippen LogP contribution in [0.4, 0.5) is 13.6 Å². The Labute approximate surface area is 204 Å². The fourth-order valence-corrected chi connectivity index (χ4v) is 3.65. The van der Waals surface area contributed by atoms with Crippen LogP contribution in [0.1, 0.15) is 104 Å². The van der Waals surface area contributed by atoms with Gasteiger partial charge in [0, 0.05) is 12.5 Å². The van der Waals surface area contributed by atoms with E-state index in [1.807, 2.05) is 0 Å². The lowest BCUT2D eigenvalue weighted by Crippen LogP contribution is -2.45. The molecule has 1 rings (SSSR count). The number of hydrogen-bond acceptors (Lipinski definition) is 4. The Morgan fingerprint density at radius 2 is 1.35 bits per heavy atom. The maximum atomic E-state index is 13.6. The van der Waals surface area contributed by atoms with E-state index in [1.165, 1.54) is 51.4 Å². The number of carbonyl (C=O) groups excluding carboxylic acids is 2. The van der Waals surface area contributed by atoms with Gasteiger partial charge in [-0.15, -0.1) is 0 Å². The second-order valence-electron chi connectivity index (χ2n) is 9.88. The number of halogens is 2. The third-order valence-electron chi connectivity index (χ3n) is 5.33. The van der Waals surface area contributed by atoms with Crippen LogP contribution >= 0.6 is 0 Å². The molecule has 0 unspecified atom stereocenters. The summed E-state index contributed by atoms with van der Waals surface area (Å²) < 4.78 is 37.7. The van der Waals surface area contributed by atoms with Crippen LogP contribution < -0.4 is 5.32 Å². The normalized spacial score (nSPS) is 12.3. The standard InChI is InChI=1S/C27H43F2NO4/c1-5-6-7-8-9-10-11-12-13-14-15-16-33-25(31)24(30-26(32)34-27(2,3)4)19-21-17-22(28)20-23(29)18-21/h17-18,20,24H,5-16,19H2,1-4H3,(H,30,32)/t24-/m0/s1. The summed E-state index contributed by atoms with van der Waals surface area (Å²) in [7, 11) is 0. The van der Waals surface area contributed by atoms with Crippen LogP contribution in [0.25, 0.3) is 0 Å². The van der Waals surface area contributed by atoms with Crippen molar-refractivity contribution in [3.8, 4) is 0 Å². The van der Waals surface area contributed by atoms with E-state index in [0.29, 0.717) is 0 Å². The Hall–Kier alpha value is -2.18. The van der Waals surface area contributed by atoms with E-state index in [0.717, 1.165) is 37.5 Å². The number of benzene rings is 1. The molecule has 1 atom stereocenters. The van der Waals surface area contributed by atoms with Crippen molar-refractivity contribution in [3.05, 3.63) is 35.4 Å². The molecule has 0 bridgehead atoms. The van der Waals surface area contributed by atoms with Crippen molar-refractivity contribution >= 4 is 12.1 Å². The number of alkyl carbamates (subject to hydrolysis) is 1. The van der Waals surface area contributed by atoms with E-state index in [1.54, 1.807) is 20.8 Å². The molecule has 0 saturated carbocycles. The highest BCUT2D eigenvalue weighted by Crippen LogP contribution is 2.14. The molecule has 5 nitrogen and oxygen atoms in total. The molecule has 0 aromatic heterocycles. The van der Waals surface area contributed by atoms with E-state index in [2.05, 4.69) is 12.2 Å². The zero-order chi connectivity index (χ0) is 25.4. The van der Waals surface area contributed by atoms with Gasteiger partial charge in [-0.05, 0) is 44.9 Å². The number of amides is 1. The number of unbranched alkanes of at least 4 members (excludes halogenated alkanes) is 10. The molecule has 34 heavy (non-hydrogen) atoms. The largest absolute Gasteiger partial charge is 0.464 e. The second-order valence-corrected chi connectivity index (χ2v) is 9.88. The summed E-state index contributed by atoms with van der Waals surface area (Å²) in [5, 5.41) is 2.47. The van der Waals surface area contributed by atoms with Crippen molar-refractivity contribution in [2.24, 2.45) is 0 Å². The van der Waals surface area contributed by atoms with Crippen LogP contribution in [-0.4, -0.2) is 30.3 Å². The molecule has 0 spiro atoms. The van der Waals surface area contributed by atoms with Crippen molar-refractivity contribution in [3.63, 3.8) is 0 Å². The van der Waals surface area contributed by atoms with Crippen molar-refractivity contribution in [2.75, 3.05) is 6.61 Å². The van der Waals surface area contributed by atoms with E-state index >= 15 is 0 Å². The second kappa shape index (κ2) is 16.4. The number of carbonyl (C=O) groups is 2. The van der Waals surface area contributed by atoms with Gasteiger partial charge in [0.1, 0.15) is 23.3 Å². The highest BCUT2D eigenvalue weighted by molar-refractivity contribution is 5.81. The van der Waals surface area contributed by atoms with Crippen LogP contribution in [0.15, 0.2) is 18.2 Å². The minimum atomic E-state index is -1.11. The summed E-state index contributed by atoms with van der Waals surface area (Å²) in [5.74, 6) is -2.15. The van der Waals surface area contributed by atoms with Gasteiger partial charge in [-0.3, -0.25) is 0 Å². The van der Waals surface area contributed by atoms with Gasteiger partial charge in [-0.25, -0.2) is 18.4 Å². The highest BCUT2D eigenvalue weighted by Gasteiger charge is 2.26. The molecular formula is C27H43F2NO4. The van der Waals surface area contributed by atoms with Crippen LogP contribution in [0.3, 0.4) is 0 Å². The summed E-state index contributed by atoms with van der Waals surface area (Å²) in [6.07, 6.45) is 12.1. The first kappa shape index (κ1) is 29.9. The van der Waals surface area contributed by atoms with Crippen LogP contribution in [0.2, 0.25) is 0 Å². The maximum Gasteiger partial charge on any atom is 0.408 e. The van der Waals surface area contributed by atoms with Gasteiger partial charge in [-0.1, -0.05) is 71.1 Å². The van der Waals surface area contributed by atoms with E-state index in [4.69, 9.17) is 9.47 Å². The molecule has 1 aromatic rings. The number of rotatable bonds is 16. The Balaban J connectivity index is 2.42. The van der Waals surface area contributed by atoms with Crippen molar-refractivity contribution in [2.45, 2.75) is 116 Å². The number of ether oxygens (including phenoxy) is 2. The third-order valence-corrected chi connectivity index (χ3v) is 5.33. The Bertz CT molecular complexity index is 714. The zero-order valence-corrected chi connectivity index (χ0v) is 21.4. The van der Waals surface area contributed by atoms with Crippen LogP contribution in [0, 0.1) is 11.6 Å². The Kier molecular flexibility index (Phi) is 14.4. The predicted molar refractivity (Wildman–Crippen MR) is 131 cm³/mol. The number of nitrogens with one attached hydrogen (secondary N) is 1. The fourth-order valence-electron chi connectivity index (χ4n) is 3.65. The van der Waals surface area contributed by atoms with E-state index < -0.39 is 35.3 Å². The van der Waals surface area contributed by atoms with Gasteiger partial charge in [0.05, 0.1) is 6.61 Å². The van der Waals surface area contributed by atoms with Gasteiger partial charge < -0.3 is 14.8 Å². The average molecular weight is 484 g/mol. The quantitative estimate of drug-likeness (QED) is 0.199. The van der Waals surface area contributed by atoms with Gasteiger partial charge in [0.15, 0.2) is 0 Å². The monoisotopic (exact) mass is 483 g/mol. The first-order valence-electron chi connectivity index (χ1n) is 12.7. The van der Waals surface area contributed by atoms with Crippen molar-refractivity contribution in [1.29, 1.82) is 0 Å². The summed E-state index contributed by atoms with van der Waals surface area (Å²) >= 11 is 0. The molecule has 1 aromatic carbocycles. The lowest BCUT2D eigenvalue weighted by Gasteiger charge is -2.23. The smallest absolute Gasteiger partial charge is 0.408 e. The first-order chi connectivity index (χ1) is 16.1. The van der Waals surface area contributed by atoms with Crippen molar-refractivity contribution in [1.82, 2.24) is 5.32 Å². The SMILES string of the molecule is CCCCCCCCCCCCCOC(=O)[C@H](Cc1cc(F)cc(F)c1)NC(=O)OC(C)(C)C.